The minimum Gasteiger partial charge on any atom is -0.463 e. The molecule has 3 heterocycles. The van der Waals surface area contributed by atoms with Crippen molar-refractivity contribution >= 4 is 17.4 Å². The van der Waals surface area contributed by atoms with Crippen molar-refractivity contribution in [1.29, 1.82) is 0 Å². The van der Waals surface area contributed by atoms with E-state index in [-0.39, 0.29) is 11.8 Å². The normalized spacial score (nSPS) is 16.8. The molecule has 0 radical (unpaired) electrons. The number of aryl methyl sites for hydroxylation is 1. The van der Waals surface area contributed by atoms with Gasteiger partial charge in [0.15, 0.2) is 11.6 Å². The second-order valence-corrected chi connectivity index (χ2v) is 7.04. The van der Waals surface area contributed by atoms with Gasteiger partial charge in [0.2, 0.25) is 5.91 Å². The lowest BCUT2D eigenvalue weighted by molar-refractivity contribution is -0.120. The summed E-state index contributed by atoms with van der Waals surface area (Å²) in [6, 6.07) is 15.5. The van der Waals surface area contributed by atoms with Crippen LogP contribution in [0, 0.1) is 5.92 Å². The summed E-state index contributed by atoms with van der Waals surface area (Å²) in [5.41, 5.74) is 2.77. The molecule has 6 heteroatoms. The first-order valence-electron chi connectivity index (χ1n) is 9.76. The van der Waals surface area contributed by atoms with E-state index in [1.54, 1.807) is 6.26 Å². The lowest BCUT2D eigenvalue weighted by Crippen LogP contribution is -2.41. The van der Waals surface area contributed by atoms with E-state index < -0.39 is 0 Å². The summed E-state index contributed by atoms with van der Waals surface area (Å²) in [6.45, 7) is 3.62. The molecule has 1 fully saturated rings. The number of nitrogens with zero attached hydrogens (tertiary/aromatic N) is 3. The number of furan rings is 1. The van der Waals surface area contributed by atoms with Gasteiger partial charge < -0.3 is 14.6 Å². The van der Waals surface area contributed by atoms with Crippen LogP contribution in [0.4, 0.5) is 11.5 Å². The van der Waals surface area contributed by atoms with Crippen molar-refractivity contribution in [2.45, 2.75) is 26.2 Å². The molecule has 1 aliphatic heterocycles. The maximum Gasteiger partial charge on any atom is 0.229 e. The molecule has 0 bridgehead atoms. The van der Waals surface area contributed by atoms with Crippen LogP contribution in [0.15, 0.2) is 59.2 Å². The molecule has 1 aromatic carbocycles. The molecule has 3 aromatic rings. The second-order valence-electron chi connectivity index (χ2n) is 7.04. The van der Waals surface area contributed by atoms with Gasteiger partial charge in [-0.2, -0.15) is 0 Å². The van der Waals surface area contributed by atoms with E-state index >= 15 is 0 Å². The van der Waals surface area contributed by atoms with Crippen LogP contribution in [0.5, 0.6) is 0 Å². The number of benzene rings is 1. The van der Waals surface area contributed by atoms with E-state index in [0.29, 0.717) is 18.0 Å². The number of carbonyl (C=O) groups excluding carboxylic acids is 1. The molecule has 1 amide bonds. The molecule has 0 aliphatic carbocycles. The van der Waals surface area contributed by atoms with Gasteiger partial charge in [-0.1, -0.05) is 25.1 Å². The first-order chi connectivity index (χ1) is 13.7. The number of aromatic nitrogens is 2. The molecule has 2 aromatic heterocycles. The zero-order valence-corrected chi connectivity index (χ0v) is 16.0. The van der Waals surface area contributed by atoms with Crippen molar-refractivity contribution in [1.82, 2.24) is 10.2 Å². The molecule has 1 unspecified atom stereocenters. The Morgan fingerprint density at radius 3 is 2.82 bits per heavy atom. The van der Waals surface area contributed by atoms with Gasteiger partial charge in [0, 0.05) is 18.8 Å². The smallest absolute Gasteiger partial charge is 0.229 e. The second kappa shape index (κ2) is 8.25. The Hall–Kier alpha value is -3.15. The fourth-order valence-electron chi connectivity index (χ4n) is 3.63. The van der Waals surface area contributed by atoms with E-state index in [1.165, 1.54) is 0 Å². The molecular formula is C22H24N4O2. The van der Waals surface area contributed by atoms with Crippen molar-refractivity contribution in [3.63, 3.8) is 0 Å². The molecule has 144 valence electrons. The summed E-state index contributed by atoms with van der Waals surface area (Å²) in [5.74, 6) is 1.50. The summed E-state index contributed by atoms with van der Waals surface area (Å²) >= 11 is 0. The van der Waals surface area contributed by atoms with Crippen molar-refractivity contribution in [3.8, 4) is 11.5 Å². The lowest BCUT2D eigenvalue weighted by Gasteiger charge is -2.32. The number of hydrogen-bond acceptors (Lipinski definition) is 5. The molecule has 1 aliphatic rings. The van der Waals surface area contributed by atoms with Crippen LogP contribution in [-0.4, -0.2) is 29.2 Å². The zero-order valence-electron chi connectivity index (χ0n) is 16.0. The first kappa shape index (κ1) is 18.2. The number of anilines is 2. The largest absolute Gasteiger partial charge is 0.463 e. The van der Waals surface area contributed by atoms with Gasteiger partial charge in [-0.15, -0.1) is 10.2 Å². The Morgan fingerprint density at radius 2 is 2.07 bits per heavy atom. The molecule has 6 nitrogen and oxygen atoms in total. The van der Waals surface area contributed by atoms with Crippen LogP contribution < -0.4 is 10.2 Å². The Balaban J connectivity index is 1.43. The number of nitrogens with one attached hydrogen (secondary N) is 1. The van der Waals surface area contributed by atoms with Crippen molar-refractivity contribution in [3.05, 3.63) is 60.4 Å². The summed E-state index contributed by atoms with van der Waals surface area (Å²) in [6.07, 6.45) is 4.35. The summed E-state index contributed by atoms with van der Waals surface area (Å²) < 4.78 is 5.36. The quantitative estimate of drug-likeness (QED) is 0.724. The molecule has 1 N–H and O–H groups in total. The van der Waals surface area contributed by atoms with Gasteiger partial charge in [-0.25, -0.2) is 0 Å². The van der Waals surface area contributed by atoms with Gasteiger partial charge in [-0.3, -0.25) is 4.79 Å². The van der Waals surface area contributed by atoms with E-state index in [4.69, 9.17) is 4.42 Å². The van der Waals surface area contributed by atoms with Gasteiger partial charge in [0.1, 0.15) is 5.69 Å². The Bertz CT molecular complexity index is 922. The van der Waals surface area contributed by atoms with Crippen LogP contribution in [0.1, 0.15) is 25.3 Å². The fraction of sp³-hybridized carbons (Fsp3) is 0.318. The van der Waals surface area contributed by atoms with Gasteiger partial charge in [0.05, 0.1) is 12.2 Å². The Labute approximate surface area is 164 Å². The zero-order chi connectivity index (χ0) is 19.3. The van der Waals surface area contributed by atoms with Crippen LogP contribution in [0.2, 0.25) is 0 Å². The minimum atomic E-state index is -0.0646. The third-order valence-electron chi connectivity index (χ3n) is 5.20. The number of rotatable bonds is 5. The predicted octanol–water partition coefficient (Wildman–Crippen LogP) is 4.15. The molecular weight excluding hydrogens is 352 g/mol. The van der Waals surface area contributed by atoms with Crippen LogP contribution >= 0.6 is 0 Å². The van der Waals surface area contributed by atoms with Crippen LogP contribution in [0.25, 0.3) is 11.5 Å². The highest BCUT2D eigenvalue weighted by atomic mass is 16.3. The topological polar surface area (TPSA) is 71.3 Å². The van der Waals surface area contributed by atoms with Crippen molar-refractivity contribution in [2.75, 3.05) is 23.3 Å². The standard InChI is InChI=1S/C22H24N4O2/c1-2-16-7-3-4-9-18(16)23-22(27)17-8-5-13-26(15-17)21-12-11-19(24-25-21)20-10-6-14-28-20/h3-4,6-7,9-12,14,17H,2,5,8,13,15H2,1H3,(H,23,27). The third kappa shape index (κ3) is 3.91. The number of piperidine rings is 1. The maximum atomic E-state index is 12.8. The van der Waals surface area contributed by atoms with Gasteiger partial charge >= 0.3 is 0 Å². The highest BCUT2D eigenvalue weighted by Crippen LogP contribution is 2.25. The monoisotopic (exact) mass is 376 g/mol. The van der Waals surface area contributed by atoms with E-state index in [1.807, 2.05) is 42.5 Å². The van der Waals surface area contributed by atoms with E-state index in [0.717, 1.165) is 42.9 Å². The molecule has 28 heavy (non-hydrogen) atoms. The fourth-order valence-corrected chi connectivity index (χ4v) is 3.63. The molecule has 0 spiro atoms. The number of amides is 1. The number of carbonyl (C=O) groups is 1. The number of para-hydroxylation sites is 1. The minimum absolute atomic E-state index is 0.0646. The molecule has 4 rings (SSSR count). The third-order valence-corrected chi connectivity index (χ3v) is 5.20. The predicted molar refractivity (Wildman–Crippen MR) is 109 cm³/mol. The maximum absolute atomic E-state index is 12.8. The van der Waals surface area contributed by atoms with Gasteiger partial charge in [0.25, 0.3) is 0 Å². The highest BCUT2D eigenvalue weighted by Gasteiger charge is 2.27. The van der Waals surface area contributed by atoms with Crippen LogP contribution in [0.3, 0.4) is 0 Å². The lowest BCUT2D eigenvalue weighted by atomic mass is 9.96. The van der Waals surface area contributed by atoms with Gasteiger partial charge in [-0.05, 0) is 55.2 Å². The summed E-state index contributed by atoms with van der Waals surface area (Å²) in [4.78, 5) is 15.0. The SMILES string of the molecule is CCc1ccccc1NC(=O)C1CCCN(c2ccc(-c3ccco3)nn2)C1. The van der Waals surface area contributed by atoms with E-state index in [9.17, 15) is 4.79 Å². The average Bonchev–Trinajstić information content (AvgIpc) is 3.29. The van der Waals surface area contributed by atoms with Crippen molar-refractivity contribution in [2.24, 2.45) is 5.92 Å². The van der Waals surface area contributed by atoms with Crippen molar-refractivity contribution < 1.29 is 9.21 Å². The Kier molecular flexibility index (Phi) is 5.37. The average molecular weight is 376 g/mol. The molecule has 1 atom stereocenters. The van der Waals surface area contributed by atoms with Crippen LogP contribution in [-0.2, 0) is 11.2 Å². The summed E-state index contributed by atoms with van der Waals surface area (Å²) in [7, 11) is 0. The van der Waals surface area contributed by atoms with E-state index in [2.05, 4.69) is 33.4 Å². The molecule has 0 saturated carbocycles. The molecule has 1 saturated heterocycles. The first-order valence-corrected chi connectivity index (χ1v) is 9.76. The number of hydrogen-bond donors (Lipinski definition) is 1. The summed E-state index contributed by atoms with van der Waals surface area (Å²) in [5, 5.41) is 11.7. The highest BCUT2D eigenvalue weighted by molar-refractivity contribution is 5.93. The Morgan fingerprint density at radius 1 is 1.18 bits per heavy atom.